The standard InChI is InChI=1S/C56H41N/c1-3-4-24-51-39(2)47-37-32-44(38-54(47)56(51)52-25-14-11-22-49(52)50-23-12-15-26-53(50)56)48-21-13-16-27-55(48)57(45-33-28-42(29-34-45)40-17-7-5-8-18-40)46-35-30-43(31-36-46)41-19-9-6-10-20-41/h3-38H,1H2,2H3/b24-4-. The number of fused-ring (bicyclic) bond motifs is 7. The summed E-state index contributed by atoms with van der Waals surface area (Å²) in [6.45, 7) is 6.34. The molecule has 0 N–H and O–H groups in total. The van der Waals surface area contributed by atoms with Crippen molar-refractivity contribution in [3.05, 3.63) is 253 Å². The lowest BCUT2D eigenvalue weighted by molar-refractivity contribution is 0.786. The molecule has 0 aliphatic heterocycles. The number of allylic oxidation sites excluding steroid dienone is 5. The van der Waals surface area contributed by atoms with Crippen LogP contribution in [0.25, 0.3) is 50.1 Å². The normalized spacial score (nSPS) is 13.4. The minimum atomic E-state index is -0.447. The molecule has 2 aliphatic rings. The van der Waals surface area contributed by atoms with E-state index in [2.05, 4.69) is 231 Å². The van der Waals surface area contributed by atoms with Gasteiger partial charge in [-0.3, -0.25) is 0 Å². The van der Waals surface area contributed by atoms with E-state index in [1.54, 1.807) is 0 Å². The lowest BCUT2D eigenvalue weighted by Gasteiger charge is -2.32. The molecule has 1 heteroatoms. The molecule has 57 heavy (non-hydrogen) atoms. The molecule has 0 radical (unpaired) electrons. The second kappa shape index (κ2) is 14.1. The van der Waals surface area contributed by atoms with E-state index in [0.717, 1.165) is 17.1 Å². The fourth-order valence-corrected chi connectivity index (χ4v) is 9.36. The van der Waals surface area contributed by atoms with E-state index in [1.807, 2.05) is 6.08 Å². The average molecular weight is 728 g/mol. The van der Waals surface area contributed by atoms with Gasteiger partial charge in [-0.15, -0.1) is 0 Å². The summed E-state index contributed by atoms with van der Waals surface area (Å²) in [7, 11) is 0. The Balaban J connectivity index is 1.16. The molecule has 0 saturated heterocycles. The molecule has 0 aromatic heterocycles. The Morgan fingerprint density at radius 3 is 1.42 bits per heavy atom. The lowest BCUT2D eigenvalue weighted by Crippen LogP contribution is -2.26. The third kappa shape index (κ3) is 5.54. The Morgan fingerprint density at radius 1 is 0.421 bits per heavy atom. The van der Waals surface area contributed by atoms with Gasteiger partial charge in [0, 0.05) is 16.9 Å². The highest BCUT2D eigenvalue weighted by Crippen LogP contribution is 2.62. The van der Waals surface area contributed by atoms with Gasteiger partial charge in [-0.25, -0.2) is 0 Å². The van der Waals surface area contributed by atoms with E-state index in [9.17, 15) is 0 Å². The van der Waals surface area contributed by atoms with E-state index in [0.29, 0.717) is 0 Å². The van der Waals surface area contributed by atoms with E-state index in [-0.39, 0.29) is 0 Å². The van der Waals surface area contributed by atoms with Gasteiger partial charge in [-0.1, -0.05) is 189 Å². The summed E-state index contributed by atoms with van der Waals surface area (Å²) < 4.78 is 0. The number of anilines is 3. The van der Waals surface area contributed by atoms with Crippen LogP contribution in [-0.4, -0.2) is 0 Å². The predicted molar refractivity (Wildman–Crippen MR) is 241 cm³/mol. The summed E-state index contributed by atoms with van der Waals surface area (Å²) in [6.07, 6.45) is 6.27. The first-order valence-corrected chi connectivity index (χ1v) is 19.7. The molecule has 0 atom stereocenters. The second-order valence-corrected chi connectivity index (χ2v) is 14.9. The molecule has 1 spiro atoms. The number of hydrogen-bond acceptors (Lipinski definition) is 1. The molecule has 0 heterocycles. The molecular formula is C56H41N. The van der Waals surface area contributed by atoms with E-state index in [4.69, 9.17) is 0 Å². The van der Waals surface area contributed by atoms with Crippen molar-refractivity contribution in [1.29, 1.82) is 0 Å². The van der Waals surface area contributed by atoms with Crippen LogP contribution in [0.2, 0.25) is 0 Å². The Labute approximate surface area is 335 Å². The molecule has 0 unspecified atom stereocenters. The molecule has 0 saturated carbocycles. The van der Waals surface area contributed by atoms with Crippen LogP contribution < -0.4 is 4.90 Å². The monoisotopic (exact) mass is 727 g/mol. The highest BCUT2D eigenvalue weighted by atomic mass is 15.1. The summed E-state index contributed by atoms with van der Waals surface area (Å²) in [5, 5.41) is 0. The zero-order valence-corrected chi connectivity index (χ0v) is 31.9. The summed E-state index contributed by atoms with van der Waals surface area (Å²) in [6, 6.07) is 73.1. The number of para-hydroxylation sites is 1. The fourth-order valence-electron chi connectivity index (χ4n) is 9.36. The van der Waals surface area contributed by atoms with Crippen LogP contribution in [0.1, 0.15) is 29.2 Å². The average Bonchev–Trinajstić information content (AvgIpc) is 3.72. The van der Waals surface area contributed by atoms with E-state index in [1.165, 1.54) is 77.9 Å². The van der Waals surface area contributed by atoms with Crippen molar-refractivity contribution >= 4 is 22.6 Å². The molecule has 0 amide bonds. The van der Waals surface area contributed by atoms with Gasteiger partial charge >= 0.3 is 0 Å². The SMILES string of the molecule is C=C/C=C\C1=C(C)c2ccc(-c3ccccc3N(c3ccc(-c4ccccc4)cc3)c3ccc(-c4ccccc4)cc3)cc2C12c1ccccc1-c1ccccc12. The van der Waals surface area contributed by atoms with Gasteiger partial charge < -0.3 is 4.90 Å². The Hall–Kier alpha value is -7.22. The summed E-state index contributed by atoms with van der Waals surface area (Å²) in [5.41, 5.74) is 20.5. The third-order valence-electron chi connectivity index (χ3n) is 11.9. The van der Waals surface area contributed by atoms with Crippen LogP contribution >= 0.6 is 0 Å². The molecule has 8 aromatic carbocycles. The first-order valence-electron chi connectivity index (χ1n) is 19.7. The summed E-state index contributed by atoms with van der Waals surface area (Å²) in [5.74, 6) is 0. The molecule has 270 valence electrons. The lowest BCUT2D eigenvalue weighted by atomic mass is 9.69. The van der Waals surface area contributed by atoms with Crippen molar-refractivity contribution in [3.8, 4) is 44.5 Å². The van der Waals surface area contributed by atoms with Crippen molar-refractivity contribution in [2.75, 3.05) is 4.90 Å². The second-order valence-electron chi connectivity index (χ2n) is 14.9. The maximum Gasteiger partial charge on any atom is 0.0722 e. The maximum absolute atomic E-state index is 4.06. The Morgan fingerprint density at radius 2 is 0.877 bits per heavy atom. The molecule has 2 aliphatic carbocycles. The van der Waals surface area contributed by atoms with Crippen LogP contribution in [0.4, 0.5) is 17.1 Å². The van der Waals surface area contributed by atoms with Gasteiger partial charge in [0.25, 0.3) is 0 Å². The van der Waals surface area contributed by atoms with Gasteiger partial charge in [-0.2, -0.15) is 0 Å². The predicted octanol–water partition coefficient (Wildman–Crippen LogP) is 15.0. The van der Waals surface area contributed by atoms with Crippen molar-refractivity contribution in [2.24, 2.45) is 0 Å². The van der Waals surface area contributed by atoms with Crippen LogP contribution in [0, 0.1) is 0 Å². The van der Waals surface area contributed by atoms with Crippen LogP contribution in [-0.2, 0) is 5.41 Å². The minimum Gasteiger partial charge on any atom is -0.310 e. The van der Waals surface area contributed by atoms with Crippen LogP contribution in [0.3, 0.4) is 0 Å². The van der Waals surface area contributed by atoms with Crippen LogP contribution in [0.15, 0.2) is 231 Å². The highest BCUT2D eigenvalue weighted by Gasteiger charge is 2.51. The number of nitrogens with zero attached hydrogens (tertiary/aromatic N) is 1. The molecule has 0 bridgehead atoms. The van der Waals surface area contributed by atoms with Crippen molar-refractivity contribution < 1.29 is 0 Å². The van der Waals surface area contributed by atoms with Gasteiger partial charge in [0.2, 0.25) is 0 Å². The zero-order valence-electron chi connectivity index (χ0n) is 31.9. The van der Waals surface area contributed by atoms with E-state index < -0.39 is 5.41 Å². The topological polar surface area (TPSA) is 3.24 Å². The van der Waals surface area contributed by atoms with Crippen LogP contribution in [0.5, 0.6) is 0 Å². The molecule has 1 nitrogen and oxygen atoms in total. The Bertz CT molecular complexity index is 2710. The number of hydrogen-bond donors (Lipinski definition) is 0. The zero-order chi connectivity index (χ0) is 38.3. The quantitative estimate of drug-likeness (QED) is 0.141. The maximum atomic E-state index is 4.06. The summed E-state index contributed by atoms with van der Waals surface area (Å²) >= 11 is 0. The van der Waals surface area contributed by atoms with Crippen molar-refractivity contribution in [1.82, 2.24) is 0 Å². The summed E-state index contributed by atoms with van der Waals surface area (Å²) in [4.78, 5) is 2.41. The Kier molecular flexibility index (Phi) is 8.50. The third-order valence-corrected chi connectivity index (χ3v) is 11.9. The van der Waals surface area contributed by atoms with Gasteiger partial charge in [-0.05, 0) is 116 Å². The molecular weight excluding hydrogens is 687 g/mol. The fraction of sp³-hybridized carbons (Fsp3) is 0.0357. The molecule has 0 fully saturated rings. The van der Waals surface area contributed by atoms with Gasteiger partial charge in [0.1, 0.15) is 0 Å². The molecule has 8 aromatic rings. The first-order chi connectivity index (χ1) is 28.2. The van der Waals surface area contributed by atoms with Crippen molar-refractivity contribution in [3.63, 3.8) is 0 Å². The minimum absolute atomic E-state index is 0.447. The van der Waals surface area contributed by atoms with Gasteiger partial charge in [0.15, 0.2) is 0 Å². The number of benzene rings is 8. The number of rotatable bonds is 8. The smallest absolute Gasteiger partial charge is 0.0722 e. The van der Waals surface area contributed by atoms with Gasteiger partial charge in [0.05, 0.1) is 11.1 Å². The highest BCUT2D eigenvalue weighted by molar-refractivity contribution is 5.97. The largest absolute Gasteiger partial charge is 0.310 e. The van der Waals surface area contributed by atoms with Crippen molar-refractivity contribution in [2.45, 2.75) is 12.3 Å². The van der Waals surface area contributed by atoms with E-state index >= 15 is 0 Å². The molecule has 10 rings (SSSR count). The first kappa shape index (κ1) is 34.3.